The number of rotatable bonds is 5. The summed E-state index contributed by atoms with van der Waals surface area (Å²) in [4.78, 5) is 8.21. The van der Waals surface area contributed by atoms with E-state index in [-0.39, 0.29) is 0 Å². The molecule has 0 saturated carbocycles. The van der Waals surface area contributed by atoms with E-state index < -0.39 is 0 Å². The number of ether oxygens (including phenoxy) is 2. The Labute approximate surface area is 112 Å². The van der Waals surface area contributed by atoms with E-state index in [9.17, 15) is 0 Å². The first kappa shape index (κ1) is 13.1. The number of hydrogen-bond acceptors (Lipinski definition) is 5. The van der Waals surface area contributed by atoms with Crippen LogP contribution in [0, 0.1) is 5.92 Å². The number of nitrogens with zero attached hydrogens (tertiary/aromatic N) is 2. The molecule has 0 aliphatic heterocycles. The van der Waals surface area contributed by atoms with Crippen LogP contribution in [0.4, 0.5) is 5.69 Å². The Bertz CT molecular complexity index is 529. The molecule has 2 aromatic rings. The van der Waals surface area contributed by atoms with Crippen molar-refractivity contribution in [3.63, 3.8) is 0 Å². The van der Waals surface area contributed by atoms with Crippen molar-refractivity contribution in [2.45, 2.75) is 13.8 Å². The van der Waals surface area contributed by atoms with E-state index in [0.717, 1.165) is 0 Å². The van der Waals surface area contributed by atoms with Crippen molar-refractivity contribution < 1.29 is 9.47 Å². The summed E-state index contributed by atoms with van der Waals surface area (Å²) in [6.45, 7) is 4.69. The largest absolute Gasteiger partial charge is 0.476 e. The first-order valence-corrected chi connectivity index (χ1v) is 6.12. The SMILES string of the molecule is CC(C)COc1nc(Oc2cccnc2)ccc1N. The molecule has 2 N–H and O–H groups in total. The number of nitrogen functional groups attached to an aromatic ring is 1. The molecule has 5 heteroatoms. The van der Waals surface area contributed by atoms with Gasteiger partial charge in [0, 0.05) is 12.3 Å². The molecule has 0 radical (unpaired) electrons. The highest BCUT2D eigenvalue weighted by atomic mass is 16.5. The molecule has 0 aliphatic rings. The van der Waals surface area contributed by atoms with Gasteiger partial charge in [0.05, 0.1) is 18.5 Å². The number of anilines is 1. The summed E-state index contributed by atoms with van der Waals surface area (Å²) in [5.41, 5.74) is 6.31. The lowest BCUT2D eigenvalue weighted by Crippen LogP contribution is -2.07. The topological polar surface area (TPSA) is 70.3 Å². The van der Waals surface area contributed by atoms with E-state index in [1.165, 1.54) is 0 Å². The van der Waals surface area contributed by atoms with Crippen LogP contribution < -0.4 is 15.2 Å². The van der Waals surface area contributed by atoms with E-state index in [0.29, 0.717) is 35.7 Å². The predicted octanol–water partition coefficient (Wildman–Crippen LogP) is 2.89. The summed E-state index contributed by atoms with van der Waals surface area (Å²) >= 11 is 0. The molecule has 0 atom stereocenters. The van der Waals surface area contributed by atoms with E-state index in [1.54, 1.807) is 36.7 Å². The fraction of sp³-hybridized carbons (Fsp3) is 0.286. The minimum Gasteiger partial charge on any atom is -0.476 e. The van der Waals surface area contributed by atoms with E-state index in [4.69, 9.17) is 15.2 Å². The van der Waals surface area contributed by atoms with Crippen molar-refractivity contribution in [3.05, 3.63) is 36.7 Å². The standard InChI is InChI=1S/C14H17N3O2/c1-10(2)9-18-14-12(15)5-6-13(17-14)19-11-4-3-7-16-8-11/h3-8,10H,9,15H2,1-2H3. The van der Waals surface area contributed by atoms with Crippen LogP contribution in [0.15, 0.2) is 36.7 Å². The van der Waals surface area contributed by atoms with Gasteiger partial charge in [-0.15, -0.1) is 0 Å². The zero-order valence-electron chi connectivity index (χ0n) is 11.0. The average molecular weight is 259 g/mol. The molecule has 0 aromatic carbocycles. The maximum absolute atomic E-state index is 5.81. The second-order valence-corrected chi connectivity index (χ2v) is 4.54. The van der Waals surface area contributed by atoms with Crippen molar-refractivity contribution in [2.75, 3.05) is 12.3 Å². The molecular weight excluding hydrogens is 242 g/mol. The maximum atomic E-state index is 5.81. The van der Waals surface area contributed by atoms with Gasteiger partial charge in [0.15, 0.2) is 0 Å². The van der Waals surface area contributed by atoms with Crippen LogP contribution in [0.25, 0.3) is 0 Å². The highest BCUT2D eigenvalue weighted by molar-refractivity contribution is 5.49. The molecule has 0 spiro atoms. The van der Waals surface area contributed by atoms with Crippen LogP contribution in [-0.4, -0.2) is 16.6 Å². The first-order valence-electron chi connectivity index (χ1n) is 6.12. The van der Waals surface area contributed by atoms with E-state index in [2.05, 4.69) is 23.8 Å². The summed E-state index contributed by atoms with van der Waals surface area (Å²) < 4.78 is 11.1. The quantitative estimate of drug-likeness (QED) is 0.894. The van der Waals surface area contributed by atoms with Gasteiger partial charge in [-0.25, -0.2) is 0 Å². The van der Waals surface area contributed by atoms with Crippen molar-refractivity contribution in [1.82, 2.24) is 9.97 Å². The molecule has 100 valence electrons. The second-order valence-electron chi connectivity index (χ2n) is 4.54. The van der Waals surface area contributed by atoms with Gasteiger partial charge in [-0.05, 0) is 24.1 Å². The summed E-state index contributed by atoms with van der Waals surface area (Å²) in [6.07, 6.45) is 3.30. The zero-order valence-corrected chi connectivity index (χ0v) is 11.0. The van der Waals surface area contributed by atoms with Crippen molar-refractivity contribution in [2.24, 2.45) is 5.92 Å². The highest BCUT2D eigenvalue weighted by Crippen LogP contribution is 2.25. The molecule has 2 aromatic heterocycles. The van der Waals surface area contributed by atoms with Gasteiger partial charge in [0.25, 0.3) is 0 Å². The summed E-state index contributed by atoms with van der Waals surface area (Å²) in [7, 11) is 0. The number of nitrogens with two attached hydrogens (primary N) is 1. The molecule has 19 heavy (non-hydrogen) atoms. The second kappa shape index (κ2) is 6.04. The Morgan fingerprint density at radius 2 is 2.11 bits per heavy atom. The zero-order chi connectivity index (χ0) is 13.7. The van der Waals surface area contributed by atoms with Crippen LogP contribution in [0.5, 0.6) is 17.5 Å². The highest BCUT2D eigenvalue weighted by Gasteiger charge is 2.07. The lowest BCUT2D eigenvalue weighted by molar-refractivity contribution is 0.260. The molecule has 0 amide bonds. The van der Waals surface area contributed by atoms with Gasteiger partial charge in [-0.2, -0.15) is 4.98 Å². The lowest BCUT2D eigenvalue weighted by Gasteiger charge is -2.11. The molecule has 0 bridgehead atoms. The van der Waals surface area contributed by atoms with Gasteiger partial charge in [0.2, 0.25) is 11.8 Å². The smallest absolute Gasteiger partial charge is 0.240 e. The third-order valence-electron chi connectivity index (χ3n) is 2.27. The van der Waals surface area contributed by atoms with Crippen LogP contribution in [0.3, 0.4) is 0 Å². The van der Waals surface area contributed by atoms with Crippen LogP contribution in [0.1, 0.15) is 13.8 Å². The average Bonchev–Trinajstić information content (AvgIpc) is 2.40. The Morgan fingerprint density at radius 3 is 2.79 bits per heavy atom. The Kier molecular flexibility index (Phi) is 4.18. The minimum atomic E-state index is 0.398. The van der Waals surface area contributed by atoms with Crippen molar-refractivity contribution in [1.29, 1.82) is 0 Å². The fourth-order valence-corrected chi connectivity index (χ4v) is 1.38. The van der Waals surface area contributed by atoms with Crippen LogP contribution in [-0.2, 0) is 0 Å². The molecule has 0 saturated heterocycles. The molecule has 2 heterocycles. The van der Waals surface area contributed by atoms with Gasteiger partial charge in [-0.1, -0.05) is 13.8 Å². The van der Waals surface area contributed by atoms with Gasteiger partial charge >= 0.3 is 0 Å². The molecular formula is C14H17N3O2. The third-order valence-corrected chi connectivity index (χ3v) is 2.27. The third kappa shape index (κ3) is 3.84. The van der Waals surface area contributed by atoms with Gasteiger partial charge in [0.1, 0.15) is 5.75 Å². The lowest BCUT2D eigenvalue weighted by atomic mass is 10.2. The van der Waals surface area contributed by atoms with Crippen molar-refractivity contribution in [3.8, 4) is 17.5 Å². The first-order chi connectivity index (χ1) is 9.15. The summed E-state index contributed by atoms with van der Waals surface area (Å²) in [6, 6.07) is 7.02. The summed E-state index contributed by atoms with van der Waals surface area (Å²) in [5.74, 6) is 1.86. The molecule has 5 nitrogen and oxygen atoms in total. The Morgan fingerprint density at radius 1 is 1.26 bits per heavy atom. The maximum Gasteiger partial charge on any atom is 0.240 e. The minimum absolute atomic E-state index is 0.398. The van der Waals surface area contributed by atoms with Crippen LogP contribution >= 0.6 is 0 Å². The Balaban J connectivity index is 2.12. The van der Waals surface area contributed by atoms with E-state index in [1.807, 2.05) is 0 Å². The Hall–Kier alpha value is -2.30. The molecule has 2 rings (SSSR count). The van der Waals surface area contributed by atoms with Gasteiger partial charge < -0.3 is 15.2 Å². The number of pyridine rings is 2. The predicted molar refractivity (Wildman–Crippen MR) is 73.3 cm³/mol. The monoisotopic (exact) mass is 259 g/mol. The normalized spacial score (nSPS) is 10.5. The summed E-state index contributed by atoms with van der Waals surface area (Å²) in [5, 5.41) is 0. The molecule has 0 aliphatic carbocycles. The molecule has 0 unspecified atom stereocenters. The van der Waals surface area contributed by atoms with Crippen molar-refractivity contribution >= 4 is 5.69 Å². The van der Waals surface area contributed by atoms with E-state index >= 15 is 0 Å². The van der Waals surface area contributed by atoms with Gasteiger partial charge in [-0.3, -0.25) is 4.98 Å². The van der Waals surface area contributed by atoms with Crippen LogP contribution in [0.2, 0.25) is 0 Å². The fourth-order valence-electron chi connectivity index (χ4n) is 1.38. The molecule has 0 fully saturated rings. The number of aromatic nitrogens is 2. The number of hydrogen-bond donors (Lipinski definition) is 1.